The van der Waals surface area contributed by atoms with Gasteiger partial charge in [-0.15, -0.1) is 0 Å². The van der Waals surface area contributed by atoms with E-state index >= 15 is 0 Å². The van der Waals surface area contributed by atoms with E-state index in [-0.39, 0.29) is 11.0 Å². The number of methoxy groups -OCH3 is 1. The number of amides is 1. The minimum Gasteiger partial charge on any atom is -0.465 e. The van der Waals surface area contributed by atoms with E-state index in [1.54, 1.807) is 42.5 Å². The third kappa shape index (κ3) is 3.00. The molecule has 1 aliphatic rings. The summed E-state index contributed by atoms with van der Waals surface area (Å²) >= 11 is 4.86. The van der Waals surface area contributed by atoms with Crippen LogP contribution in [0.2, 0.25) is 0 Å². The molecule has 1 saturated heterocycles. The average molecular weight is 328 g/mol. The Labute approximate surface area is 137 Å². The lowest BCUT2D eigenvalue weighted by Gasteiger charge is -2.04. The number of ether oxygens (including phenoxy) is 1. The Kier molecular flexibility index (Phi) is 3.94. The molecule has 0 bridgehead atoms. The number of rotatable bonds is 3. The van der Waals surface area contributed by atoms with Gasteiger partial charge in [0, 0.05) is 11.6 Å². The molecule has 0 unspecified atom stereocenters. The van der Waals surface area contributed by atoms with E-state index in [1.165, 1.54) is 7.11 Å². The van der Waals surface area contributed by atoms with E-state index in [0.717, 1.165) is 0 Å². The first kappa shape index (κ1) is 15.0. The lowest BCUT2D eigenvalue weighted by atomic mass is 10.1. The van der Waals surface area contributed by atoms with Gasteiger partial charge in [0.05, 0.1) is 12.7 Å². The molecule has 2 aromatic rings. The van der Waals surface area contributed by atoms with Gasteiger partial charge in [0.25, 0.3) is 5.91 Å². The van der Waals surface area contributed by atoms with E-state index in [0.29, 0.717) is 28.3 Å². The lowest BCUT2D eigenvalue weighted by Crippen LogP contribution is -2.21. The van der Waals surface area contributed by atoms with Crippen molar-refractivity contribution in [3.63, 3.8) is 0 Å². The van der Waals surface area contributed by atoms with Crippen LogP contribution in [0, 0.1) is 0 Å². The number of hydrogen-bond donors (Lipinski definition) is 2. The van der Waals surface area contributed by atoms with E-state index in [2.05, 4.69) is 10.6 Å². The van der Waals surface area contributed by atoms with Gasteiger partial charge in [-0.05, 0) is 30.4 Å². The zero-order valence-electron chi connectivity index (χ0n) is 12.1. The van der Waals surface area contributed by atoms with Crippen LogP contribution in [0.1, 0.15) is 16.1 Å². The van der Waals surface area contributed by atoms with Crippen LogP contribution in [-0.4, -0.2) is 24.1 Å². The summed E-state index contributed by atoms with van der Waals surface area (Å²) in [5.74, 6) is 0.197. The van der Waals surface area contributed by atoms with Crippen molar-refractivity contribution in [3.8, 4) is 11.3 Å². The van der Waals surface area contributed by atoms with Crippen molar-refractivity contribution in [2.24, 2.45) is 0 Å². The van der Waals surface area contributed by atoms with Crippen LogP contribution >= 0.6 is 12.2 Å². The summed E-state index contributed by atoms with van der Waals surface area (Å²) in [5.41, 5.74) is 1.32. The predicted octanol–water partition coefficient (Wildman–Crippen LogP) is 2.08. The highest BCUT2D eigenvalue weighted by atomic mass is 32.1. The van der Waals surface area contributed by atoms with E-state index in [1.807, 2.05) is 0 Å². The van der Waals surface area contributed by atoms with Gasteiger partial charge in [-0.3, -0.25) is 10.1 Å². The molecule has 1 aliphatic heterocycles. The standard InChI is InChI=1S/C16H12N2O4S/c1-21-15(20)11-5-3-2-4-10(11)13-7-6-9(22-13)8-12-14(19)18-16(23)17-12/h2-8H,1H3,(H2,17,18,19,23)/b12-8+. The number of carbonyl (C=O) groups is 2. The molecule has 23 heavy (non-hydrogen) atoms. The molecule has 1 fully saturated rings. The van der Waals surface area contributed by atoms with Crippen molar-refractivity contribution >= 4 is 35.3 Å². The molecule has 116 valence electrons. The second-order valence-corrected chi connectivity index (χ2v) is 5.11. The predicted molar refractivity (Wildman–Crippen MR) is 87.3 cm³/mol. The molecule has 0 spiro atoms. The van der Waals surface area contributed by atoms with E-state index in [9.17, 15) is 9.59 Å². The van der Waals surface area contributed by atoms with E-state index < -0.39 is 5.97 Å². The number of nitrogens with one attached hydrogen (secondary N) is 2. The molecular weight excluding hydrogens is 316 g/mol. The fraction of sp³-hybridized carbons (Fsp3) is 0.0625. The van der Waals surface area contributed by atoms with Crippen molar-refractivity contribution in [1.82, 2.24) is 10.6 Å². The molecule has 1 amide bonds. The van der Waals surface area contributed by atoms with Crippen LogP contribution in [0.25, 0.3) is 17.4 Å². The van der Waals surface area contributed by atoms with Gasteiger partial charge in [-0.2, -0.15) is 0 Å². The van der Waals surface area contributed by atoms with Crippen molar-refractivity contribution in [1.29, 1.82) is 0 Å². The summed E-state index contributed by atoms with van der Waals surface area (Å²) in [5, 5.41) is 5.46. The van der Waals surface area contributed by atoms with E-state index in [4.69, 9.17) is 21.4 Å². The van der Waals surface area contributed by atoms with Crippen LogP contribution in [-0.2, 0) is 9.53 Å². The van der Waals surface area contributed by atoms with Gasteiger partial charge in [-0.25, -0.2) is 4.79 Å². The first-order valence-corrected chi connectivity index (χ1v) is 7.11. The molecule has 0 radical (unpaired) electrons. The zero-order valence-corrected chi connectivity index (χ0v) is 12.9. The van der Waals surface area contributed by atoms with Crippen molar-refractivity contribution in [2.45, 2.75) is 0 Å². The third-order valence-electron chi connectivity index (χ3n) is 3.23. The van der Waals surface area contributed by atoms with Gasteiger partial charge in [-0.1, -0.05) is 18.2 Å². The summed E-state index contributed by atoms with van der Waals surface area (Å²) in [4.78, 5) is 23.4. The number of furan rings is 1. The highest BCUT2D eigenvalue weighted by Crippen LogP contribution is 2.27. The molecule has 2 N–H and O–H groups in total. The third-order valence-corrected chi connectivity index (χ3v) is 3.44. The minimum atomic E-state index is -0.445. The molecule has 1 aromatic heterocycles. The second-order valence-electron chi connectivity index (χ2n) is 4.71. The van der Waals surface area contributed by atoms with Crippen LogP contribution in [0.15, 0.2) is 46.5 Å². The van der Waals surface area contributed by atoms with Crippen LogP contribution in [0.5, 0.6) is 0 Å². The molecule has 0 saturated carbocycles. The average Bonchev–Trinajstić information content (AvgIpc) is 3.13. The molecule has 0 atom stereocenters. The Hall–Kier alpha value is -2.93. The quantitative estimate of drug-likeness (QED) is 0.510. The largest absolute Gasteiger partial charge is 0.465 e. The Balaban J connectivity index is 1.95. The number of carbonyl (C=O) groups excluding carboxylic acids is 2. The number of hydrogen-bond acceptors (Lipinski definition) is 5. The zero-order chi connectivity index (χ0) is 16.4. The Morgan fingerprint density at radius 3 is 2.70 bits per heavy atom. The number of thiocarbonyl (C=S) groups is 1. The van der Waals surface area contributed by atoms with Gasteiger partial charge in [0.1, 0.15) is 17.2 Å². The molecule has 0 aliphatic carbocycles. The summed E-state index contributed by atoms with van der Waals surface area (Å²) in [6.07, 6.45) is 1.54. The normalized spacial score (nSPS) is 15.4. The SMILES string of the molecule is COC(=O)c1ccccc1-c1ccc(/C=C2/NC(=S)NC2=O)o1. The van der Waals surface area contributed by atoms with Gasteiger partial charge in [0.2, 0.25) is 0 Å². The maximum absolute atomic E-state index is 11.8. The van der Waals surface area contributed by atoms with Crippen LogP contribution in [0.4, 0.5) is 0 Å². The Morgan fingerprint density at radius 2 is 2.00 bits per heavy atom. The fourth-order valence-electron chi connectivity index (χ4n) is 2.19. The van der Waals surface area contributed by atoms with Crippen molar-refractivity contribution in [3.05, 3.63) is 53.4 Å². The summed E-state index contributed by atoms with van der Waals surface area (Å²) in [6, 6.07) is 10.4. The van der Waals surface area contributed by atoms with Crippen LogP contribution < -0.4 is 10.6 Å². The molecule has 7 heteroatoms. The summed E-state index contributed by atoms with van der Waals surface area (Å²) < 4.78 is 10.5. The minimum absolute atomic E-state index is 0.254. The maximum Gasteiger partial charge on any atom is 0.338 e. The van der Waals surface area contributed by atoms with Gasteiger partial charge >= 0.3 is 5.97 Å². The highest BCUT2D eigenvalue weighted by molar-refractivity contribution is 7.80. The molecule has 6 nitrogen and oxygen atoms in total. The molecule has 2 heterocycles. The number of esters is 1. The second kappa shape index (κ2) is 6.05. The first-order chi connectivity index (χ1) is 11.1. The number of benzene rings is 1. The maximum atomic E-state index is 11.8. The summed E-state index contributed by atoms with van der Waals surface area (Å²) in [7, 11) is 1.32. The topological polar surface area (TPSA) is 80.6 Å². The van der Waals surface area contributed by atoms with Crippen molar-refractivity contribution in [2.75, 3.05) is 7.11 Å². The Morgan fingerprint density at radius 1 is 1.22 bits per heavy atom. The monoisotopic (exact) mass is 328 g/mol. The van der Waals surface area contributed by atoms with Crippen LogP contribution in [0.3, 0.4) is 0 Å². The molecular formula is C16H12N2O4S. The van der Waals surface area contributed by atoms with Gasteiger partial charge in [0.15, 0.2) is 5.11 Å². The lowest BCUT2D eigenvalue weighted by molar-refractivity contribution is -0.115. The summed E-state index contributed by atoms with van der Waals surface area (Å²) in [6.45, 7) is 0. The van der Waals surface area contributed by atoms with Gasteiger partial charge < -0.3 is 14.5 Å². The highest BCUT2D eigenvalue weighted by Gasteiger charge is 2.21. The smallest absolute Gasteiger partial charge is 0.338 e. The Bertz CT molecular complexity index is 838. The fourth-order valence-corrected chi connectivity index (χ4v) is 2.39. The first-order valence-electron chi connectivity index (χ1n) is 6.70. The molecule has 1 aromatic carbocycles. The van der Waals surface area contributed by atoms with Crippen molar-refractivity contribution < 1.29 is 18.7 Å². The molecule has 3 rings (SSSR count).